The number of carboxylic acids is 1. The van der Waals surface area contributed by atoms with Gasteiger partial charge in [-0.1, -0.05) is 66.0 Å². The molecular weight excluding hydrogens is 590 g/mol. The van der Waals surface area contributed by atoms with E-state index in [2.05, 4.69) is 34.6 Å². The monoisotopic (exact) mass is 647 g/mol. The van der Waals surface area contributed by atoms with Gasteiger partial charge in [0.25, 0.3) is 11.8 Å². The summed E-state index contributed by atoms with van der Waals surface area (Å²) in [7, 11) is 0. The van der Waals surface area contributed by atoms with Crippen molar-refractivity contribution in [1.82, 2.24) is 4.90 Å². The molecule has 0 bridgehead atoms. The van der Waals surface area contributed by atoms with Gasteiger partial charge < -0.3 is 9.84 Å². The minimum atomic E-state index is -1.41. The van der Waals surface area contributed by atoms with E-state index in [0.29, 0.717) is 11.3 Å². The summed E-state index contributed by atoms with van der Waals surface area (Å²) in [4.78, 5) is 51.8. The summed E-state index contributed by atoms with van der Waals surface area (Å²) in [5.74, 6) is 2.43. The molecule has 1 aliphatic heterocycles. The quantitative estimate of drug-likeness (QED) is 0.191. The lowest BCUT2D eigenvalue weighted by atomic mass is 9.44. The van der Waals surface area contributed by atoms with Crippen molar-refractivity contribution in [3.05, 3.63) is 35.4 Å². The first-order valence-electron chi connectivity index (χ1n) is 18.7. The number of benzene rings is 1. The summed E-state index contributed by atoms with van der Waals surface area (Å²) in [6.07, 6.45) is 14.4. The second-order valence-electron chi connectivity index (χ2n) is 17.0. The van der Waals surface area contributed by atoms with Crippen molar-refractivity contribution < 1.29 is 29.0 Å². The molecule has 258 valence electrons. The van der Waals surface area contributed by atoms with Crippen LogP contribution in [0, 0.1) is 52.3 Å². The van der Waals surface area contributed by atoms with Crippen molar-refractivity contribution in [2.75, 3.05) is 0 Å². The number of carboxylic acid groups (broad SMARTS) is 1. The zero-order chi connectivity index (χ0) is 33.7. The molecule has 4 saturated carbocycles. The van der Waals surface area contributed by atoms with Crippen LogP contribution in [-0.4, -0.2) is 45.9 Å². The molecule has 1 heterocycles. The molecule has 1 N–H and O–H groups in total. The summed E-state index contributed by atoms with van der Waals surface area (Å²) < 4.78 is 5.98. The van der Waals surface area contributed by atoms with E-state index in [9.17, 15) is 24.3 Å². The predicted molar refractivity (Wildman–Crippen MR) is 181 cm³/mol. The molecule has 5 aliphatic rings. The molecule has 1 aromatic carbocycles. The van der Waals surface area contributed by atoms with Gasteiger partial charge in [-0.25, -0.2) is 4.79 Å². The summed E-state index contributed by atoms with van der Waals surface area (Å²) in [5.41, 5.74) is 1.17. The molecule has 0 saturated heterocycles. The van der Waals surface area contributed by atoms with Crippen molar-refractivity contribution >= 4 is 23.8 Å². The number of fused-ring (bicyclic) bond motifs is 6. The first-order chi connectivity index (χ1) is 22.3. The van der Waals surface area contributed by atoms with E-state index in [1.54, 1.807) is 12.1 Å². The van der Waals surface area contributed by atoms with Gasteiger partial charge in [0.2, 0.25) is 0 Å². The fraction of sp³-hybridized carbons (Fsp3) is 0.750. The number of esters is 1. The molecule has 0 radical (unpaired) electrons. The van der Waals surface area contributed by atoms with E-state index in [0.717, 1.165) is 59.7 Å². The maximum Gasteiger partial charge on any atom is 0.326 e. The van der Waals surface area contributed by atoms with Crippen LogP contribution in [0.3, 0.4) is 0 Å². The Balaban J connectivity index is 1.03. The van der Waals surface area contributed by atoms with Crippen LogP contribution in [0.25, 0.3) is 0 Å². The van der Waals surface area contributed by atoms with Gasteiger partial charge in [0.05, 0.1) is 11.1 Å². The zero-order valence-electron chi connectivity index (χ0n) is 29.3. The highest BCUT2D eigenvalue weighted by Crippen LogP contribution is 2.68. The number of carbonyl (C=O) groups excluding carboxylic acids is 3. The average molecular weight is 648 g/mol. The van der Waals surface area contributed by atoms with Gasteiger partial charge in [0, 0.05) is 6.42 Å². The SMILES string of the molecule is CC(C)CCC[C@@H](C)[C@H]1CC[C@H]2[C@@H]3CC[C@H]4C[C@@H](OC(=O)CC[C@@H](C(=O)O)N5C(=O)c6ccccc6C5=O)CC[C@]4(C)[C@H]3CC[C@]12C. The van der Waals surface area contributed by atoms with Crippen molar-refractivity contribution in [2.45, 2.75) is 137 Å². The van der Waals surface area contributed by atoms with Gasteiger partial charge in [-0.05, 0) is 129 Å². The maximum absolute atomic E-state index is 13.0. The molecule has 4 fully saturated rings. The Kier molecular flexibility index (Phi) is 9.68. The molecule has 10 atom stereocenters. The average Bonchev–Trinajstić information content (AvgIpc) is 3.51. The molecule has 2 amide bonds. The van der Waals surface area contributed by atoms with E-state index in [-0.39, 0.29) is 35.5 Å². The highest BCUT2D eigenvalue weighted by Gasteiger charge is 2.60. The van der Waals surface area contributed by atoms with E-state index in [4.69, 9.17) is 4.74 Å². The third-order valence-electron chi connectivity index (χ3n) is 14.2. The van der Waals surface area contributed by atoms with Crippen LogP contribution in [0.1, 0.15) is 145 Å². The number of rotatable bonds is 11. The zero-order valence-corrected chi connectivity index (χ0v) is 29.3. The topological polar surface area (TPSA) is 101 Å². The Morgan fingerprint density at radius 1 is 0.872 bits per heavy atom. The summed E-state index contributed by atoms with van der Waals surface area (Å²) >= 11 is 0. The standard InChI is InChI=1S/C40H57NO6/c1-24(2)9-8-10-25(3)31-15-16-32-30-14-13-26-23-27(19-21-39(26,4)33(30)20-22-40(31,32)5)47-35(42)18-17-34(38(45)46)41-36(43)28-11-6-7-12-29(28)37(41)44/h6-7,11-12,24-27,30-34H,8-10,13-23H2,1-5H3,(H,45,46)/t25-,26+,27+,30+,31-,32+,33+,34+,39+,40-/m1/s1. The number of carbonyl (C=O) groups is 4. The molecule has 4 aliphatic carbocycles. The Morgan fingerprint density at radius 2 is 1.53 bits per heavy atom. The minimum absolute atomic E-state index is 0.148. The van der Waals surface area contributed by atoms with Crippen LogP contribution < -0.4 is 0 Å². The number of ether oxygens (including phenoxy) is 1. The fourth-order valence-corrected chi connectivity index (χ4v) is 11.7. The van der Waals surface area contributed by atoms with Crippen LogP contribution in [0.5, 0.6) is 0 Å². The van der Waals surface area contributed by atoms with Crippen LogP contribution >= 0.6 is 0 Å². The normalized spacial score (nSPS) is 35.9. The molecule has 7 heteroatoms. The molecule has 6 rings (SSSR count). The molecule has 0 aromatic heterocycles. The highest BCUT2D eigenvalue weighted by atomic mass is 16.5. The maximum atomic E-state index is 13.0. The second kappa shape index (κ2) is 13.3. The number of imide groups is 1. The summed E-state index contributed by atoms with van der Waals surface area (Å²) in [6, 6.07) is 4.94. The molecule has 47 heavy (non-hydrogen) atoms. The first kappa shape index (κ1) is 34.2. The first-order valence-corrected chi connectivity index (χ1v) is 18.7. The number of hydrogen-bond donors (Lipinski definition) is 1. The van der Waals surface area contributed by atoms with Crippen LogP contribution in [0.4, 0.5) is 0 Å². The van der Waals surface area contributed by atoms with E-state index < -0.39 is 29.8 Å². The highest BCUT2D eigenvalue weighted by molar-refractivity contribution is 6.22. The van der Waals surface area contributed by atoms with Gasteiger partial charge >= 0.3 is 11.9 Å². The van der Waals surface area contributed by atoms with E-state index in [1.807, 2.05) is 0 Å². The molecule has 1 aromatic rings. The largest absolute Gasteiger partial charge is 0.480 e. The summed E-state index contributed by atoms with van der Waals surface area (Å²) in [6.45, 7) is 12.4. The van der Waals surface area contributed by atoms with Gasteiger partial charge in [0.15, 0.2) is 0 Å². The Hall–Kier alpha value is -2.70. The predicted octanol–water partition coefficient (Wildman–Crippen LogP) is 8.55. The van der Waals surface area contributed by atoms with Crippen LogP contribution in [0.2, 0.25) is 0 Å². The van der Waals surface area contributed by atoms with Gasteiger partial charge in [-0.3, -0.25) is 19.3 Å². The van der Waals surface area contributed by atoms with Crippen molar-refractivity contribution in [1.29, 1.82) is 0 Å². The van der Waals surface area contributed by atoms with E-state index >= 15 is 0 Å². The van der Waals surface area contributed by atoms with Gasteiger partial charge in [0.1, 0.15) is 12.1 Å². The number of hydrogen-bond acceptors (Lipinski definition) is 5. The molecule has 0 spiro atoms. The van der Waals surface area contributed by atoms with Crippen LogP contribution in [-0.2, 0) is 14.3 Å². The summed E-state index contributed by atoms with van der Waals surface area (Å²) in [5, 5.41) is 9.90. The van der Waals surface area contributed by atoms with Crippen LogP contribution in [0.15, 0.2) is 24.3 Å². The van der Waals surface area contributed by atoms with Gasteiger partial charge in [-0.15, -0.1) is 0 Å². The molecule has 0 unspecified atom stereocenters. The lowest BCUT2D eigenvalue weighted by Crippen LogP contribution is -2.54. The van der Waals surface area contributed by atoms with E-state index in [1.165, 1.54) is 69.9 Å². The lowest BCUT2D eigenvalue weighted by molar-refractivity contribution is -0.163. The van der Waals surface area contributed by atoms with Gasteiger partial charge in [-0.2, -0.15) is 0 Å². The smallest absolute Gasteiger partial charge is 0.326 e. The van der Waals surface area contributed by atoms with Crippen molar-refractivity contribution in [3.8, 4) is 0 Å². The number of aliphatic carboxylic acids is 1. The lowest BCUT2D eigenvalue weighted by Gasteiger charge is -2.61. The fourth-order valence-electron chi connectivity index (χ4n) is 11.7. The Labute approximate surface area is 281 Å². The minimum Gasteiger partial charge on any atom is -0.480 e. The number of nitrogens with zero attached hydrogens (tertiary/aromatic N) is 1. The second-order valence-corrected chi connectivity index (χ2v) is 17.0. The third-order valence-corrected chi connectivity index (χ3v) is 14.2. The van der Waals surface area contributed by atoms with Crippen molar-refractivity contribution in [2.24, 2.45) is 52.3 Å². The molecular formula is C40H57NO6. The van der Waals surface area contributed by atoms with Crippen molar-refractivity contribution in [3.63, 3.8) is 0 Å². The Bertz CT molecular complexity index is 1340. The molecule has 7 nitrogen and oxygen atoms in total. The Morgan fingerprint density at radius 3 is 2.19 bits per heavy atom. The third kappa shape index (κ3) is 6.18. The number of amides is 2.